The molecule has 0 aliphatic rings. The first-order chi connectivity index (χ1) is 0. The first-order valence-corrected chi connectivity index (χ1v) is 0. The van der Waals surface area contributed by atoms with E-state index in [2.05, 4.69) is 0 Å². The van der Waals surface area contributed by atoms with Gasteiger partial charge >= 0.3 is 0 Å². The minimum absolute atomic E-state index is 0. The van der Waals surface area contributed by atoms with E-state index < -0.39 is 0 Å². The van der Waals surface area contributed by atoms with Crippen molar-refractivity contribution >= 4 is 11.0 Å². The van der Waals surface area contributed by atoms with Gasteiger partial charge in [-0.1, -0.05) is 0 Å². The van der Waals surface area contributed by atoms with Gasteiger partial charge in [0.2, 0.25) is 0 Å². The summed E-state index contributed by atoms with van der Waals surface area (Å²) in [6, 6.07) is 0. The number of hydrogen-bond donors (Lipinski definition) is 0. The van der Waals surface area contributed by atoms with Crippen molar-refractivity contribution in [3.8, 4) is 0 Å². The van der Waals surface area contributed by atoms with Crippen molar-refractivity contribution in [1.82, 2.24) is 0 Å². The maximum absolute atomic E-state index is 0. The van der Waals surface area contributed by atoms with E-state index in [4.69, 9.17) is 0 Å². The molecule has 0 spiro atoms. The summed E-state index contributed by atoms with van der Waals surface area (Å²) in [4.78, 5) is 0. The van der Waals surface area contributed by atoms with Gasteiger partial charge in [0.1, 0.15) is 0 Å². The molecule has 0 N–H and O–H groups in total. The standard InChI is InChI=1S/Cr.Cu.Ni.H4Si.V/h;;;1H4;. The Labute approximate surface area is 79.7 Å². The van der Waals surface area contributed by atoms with Crippen LogP contribution in [0.5, 0.6) is 0 Å². The molecule has 40 valence electrons. The molecule has 0 saturated heterocycles. The molecule has 0 atom stereocenters. The fourth-order valence-electron chi connectivity index (χ4n) is 0. The van der Waals surface area contributed by atoms with E-state index in [1.165, 1.54) is 0 Å². The third-order valence-corrected chi connectivity index (χ3v) is 0. The van der Waals surface area contributed by atoms with Gasteiger partial charge in [-0.05, 0) is 11.0 Å². The summed E-state index contributed by atoms with van der Waals surface area (Å²) in [6.45, 7) is 0. The van der Waals surface area contributed by atoms with Crippen molar-refractivity contribution in [2.45, 2.75) is 0 Å². The summed E-state index contributed by atoms with van der Waals surface area (Å²) in [5.41, 5.74) is 0. The summed E-state index contributed by atoms with van der Waals surface area (Å²) in [5, 5.41) is 0. The van der Waals surface area contributed by atoms with Gasteiger partial charge in [-0.3, -0.25) is 0 Å². The molecule has 0 aromatic rings. The summed E-state index contributed by atoms with van der Waals surface area (Å²) in [5.74, 6) is 0. The number of hydrogen-bond acceptors (Lipinski definition) is 0. The quantitative estimate of drug-likeness (QED) is 0.465. The van der Waals surface area contributed by atoms with Gasteiger partial charge in [-0.25, -0.2) is 0 Å². The molecule has 5 heavy (non-hydrogen) atoms. The molecule has 2 radical (unpaired) electrons. The van der Waals surface area contributed by atoms with Crippen LogP contribution in [-0.2, 0) is 69.5 Å². The van der Waals surface area contributed by atoms with Gasteiger partial charge in [0, 0.05) is 69.5 Å². The molecular formula is H4CrCuNiSiV. The topological polar surface area (TPSA) is 0 Å². The average molecular weight is 257 g/mol. The van der Waals surface area contributed by atoms with Crippen LogP contribution in [0.25, 0.3) is 0 Å². The molecule has 0 aliphatic heterocycles. The molecule has 0 bridgehead atoms. The smallest absolute Gasteiger partial charge is 0 e. The predicted molar refractivity (Wildman–Crippen MR) is 11.3 cm³/mol. The summed E-state index contributed by atoms with van der Waals surface area (Å²) >= 11 is 0. The van der Waals surface area contributed by atoms with E-state index in [9.17, 15) is 0 Å². The van der Waals surface area contributed by atoms with Crippen LogP contribution in [0.15, 0.2) is 0 Å². The Balaban J connectivity index is 0. The van der Waals surface area contributed by atoms with Crippen LogP contribution >= 0.6 is 0 Å². The fraction of sp³-hybridized carbons (Fsp3) is 0. The van der Waals surface area contributed by atoms with Crippen molar-refractivity contribution in [3.05, 3.63) is 0 Å². The third-order valence-electron chi connectivity index (χ3n) is 0. The van der Waals surface area contributed by atoms with Crippen LogP contribution in [0.4, 0.5) is 0 Å². The second kappa shape index (κ2) is 32.9. The Morgan fingerprint density at radius 2 is 1.00 bits per heavy atom. The molecule has 0 rings (SSSR count). The van der Waals surface area contributed by atoms with Crippen molar-refractivity contribution in [2.24, 2.45) is 0 Å². The fourth-order valence-corrected chi connectivity index (χ4v) is 0. The zero-order valence-electron chi connectivity index (χ0n) is 1.47. The van der Waals surface area contributed by atoms with Gasteiger partial charge in [0.25, 0.3) is 0 Å². The maximum Gasteiger partial charge on any atom is 0 e. The van der Waals surface area contributed by atoms with Gasteiger partial charge in [-0.15, -0.1) is 0 Å². The SMILES string of the molecule is [Cr].[Cu].[Ni].[SiH4].[V]. The summed E-state index contributed by atoms with van der Waals surface area (Å²) < 4.78 is 0. The molecule has 0 amide bonds. The predicted octanol–water partition coefficient (Wildman–Crippen LogP) is -1.46. The van der Waals surface area contributed by atoms with Crippen LogP contribution in [0.3, 0.4) is 0 Å². The van der Waals surface area contributed by atoms with Crippen LogP contribution in [0.1, 0.15) is 0 Å². The normalized spacial score (nSPS) is 0. The van der Waals surface area contributed by atoms with Crippen LogP contribution in [0, 0.1) is 0 Å². The van der Waals surface area contributed by atoms with Gasteiger partial charge in [-0.2, -0.15) is 0 Å². The van der Waals surface area contributed by atoms with E-state index >= 15 is 0 Å². The maximum atomic E-state index is 0. The largest absolute Gasteiger partial charge is 0.0149 e. The Kier molecular flexibility index (Phi) is 354. The second-order valence-corrected chi connectivity index (χ2v) is 0. The van der Waals surface area contributed by atoms with Crippen LogP contribution in [0.2, 0.25) is 0 Å². The van der Waals surface area contributed by atoms with E-state index in [-0.39, 0.29) is 80.4 Å². The van der Waals surface area contributed by atoms with E-state index in [1.54, 1.807) is 0 Å². The molecule has 0 aliphatic carbocycles. The van der Waals surface area contributed by atoms with E-state index in [1.807, 2.05) is 0 Å². The second-order valence-electron chi connectivity index (χ2n) is 0. The van der Waals surface area contributed by atoms with Crippen molar-refractivity contribution in [2.75, 3.05) is 0 Å². The van der Waals surface area contributed by atoms with Gasteiger partial charge < -0.3 is 0 Å². The Bertz CT molecular complexity index is 11.6. The van der Waals surface area contributed by atoms with Crippen molar-refractivity contribution in [3.63, 3.8) is 0 Å². The molecule has 0 saturated carbocycles. The molecule has 0 nitrogen and oxygen atoms in total. The first-order valence-electron chi connectivity index (χ1n) is 0. The molecule has 5 heteroatoms. The number of rotatable bonds is 0. The Morgan fingerprint density at radius 1 is 1.00 bits per heavy atom. The molecule has 0 unspecified atom stereocenters. The minimum atomic E-state index is 0. The van der Waals surface area contributed by atoms with Crippen molar-refractivity contribution < 1.29 is 69.5 Å². The summed E-state index contributed by atoms with van der Waals surface area (Å²) in [7, 11) is 0. The zero-order chi connectivity index (χ0) is 0. The van der Waals surface area contributed by atoms with Crippen molar-refractivity contribution in [1.29, 1.82) is 0 Å². The minimum Gasteiger partial charge on any atom is -0.0149 e. The molecule has 0 aromatic carbocycles. The first kappa shape index (κ1) is 53.7. The van der Waals surface area contributed by atoms with Crippen LogP contribution < -0.4 is 0 Å². The zero-order valence-corrected chi connectivity index (χ0v) is 6.07. The van der Waals surface area contributed by atoms with Gasteiger partial charge in [0.15, 0.2) is 0 Å². The Morgan fingerprint density at radius 3 is 1.00 bits per heavy atom. The molecule has 0 heterocycles. The molecule has 0 aromatic heterocycles. The monoisotopic (exact) mass is 256 g/mol. The van der Waals surface area contributed by atoms with Crippen LogP contribution in [-0.4, -0.2) is 11.0 Å². The van der Waals surface area contributed by atoms with Gasteiger partial charge in [0.05, 0.1) is 0 Å². The van der Waals surface area contributed by atoms with E-state index in [0.29, 0.717) is 0 Å². The third kappa shape index (κ3) is 21.8. The van der Waals surface area contributed by atoms with E-state index in [0.717, 1.165) is 0 Å². The molecule has 0 fully saturated rings. The molecular weight excluding hydrogens is 253 g/mol. The average Bonchev–Trinajstić information content (AvgIpc) is 0. The Hall–Kier alpha value is 2.35. The summed E-state index contributed by atoms with van der Waals surface area (Å²) in [6.07, 6.45) is 0.